The van der Waals surface area contributed by atoms with E-state index in [1.165, 1.54) is 6.07 Å². The molecule has 2 N–H and O–H groups in total. The summed E-state index contributed by atoms with van der Waals surface area (Å²) in [5, 5.41) is 12.7. The van der Waals surface area contributed by atoms with Crippen LogP contribution in [0.3, 0.4) is 0 Å². The summed E-state index contributed by atoms with van der Waals surface area (Å²) in [5.41, 5.74) is 0.917. The van der Waals surface area contributed by atoms with E-state index in [-0.39, 0.29) is 29.5 Å². The van der Waals surface area contributed by atoms with Gasteiger partial charge >= 0.3 is 0 Å². The second-order valence-electron chi connectivity index (χ2n) is 5.90. The summed E-state index contributed by atoms with van der Waals surface area (Å²) in [4.78, 5) is 2.21. The molecule has 0 bridgehead atoms. The van der Waals surface area contributed by atoms with Gasteiger partial charge in [0, 0.05) is 18.6 Å². The van der Waals surface area contributed by atoms with Crippen LogP contribution < -0.4 is 5.32 Å². The molecule has 23 heavy (non-hydrogen) atoms. The van der Waals surface area contributed by atoms with E-state index in [2.05, 4.69) is 10.2 Å². The SMILES string of the molecule is CN1CC[C@@H](NCc2ccc(CO)o2)[C@H]1c1ccc(Cl)c(F)c1. The van der Waals surface area contributed by atoms with Crippen LogP contribution >= 0.6 is 11.6 Å². The largest absolute Gasteiger partial charge is 0.462 e. The number of nitrogens with zero attached hydrogens (tertiary/aromatic N) is 1. The number of furan rings is 1. The van der Waals surface area contributed by atoms with E-state index in [0.717, 1.165) is 24.3 Å². The molecule has 2 atom stereocenters. The summed E-state index contributed by atoms with van der Waals surface area (Å²) in [7, 11) is 2.04. The van der Waals surface area contributed by atoms with Crippen LogP contribution in [0, 0.1) is 5.82 Å². The van der Waals surface area contributed by atoms with Crippen LogP contribution in [0.2, 0.25) is 5.02 Å². The van der Waals surface area contributed by atoms with Crippen molar-refractivity contribution < 1.29 is 13.9 Å². The van der Waals surface area contributed by atoms with Gasteiger partial charge in [0.25, 0.3) is 0 Å². The van der Waals surface area contributed by atoms with Gasteiger partial charge in [-0.15, -0.1) is 0 Å². The minimum absolute atomic E-state index is 0.0917. The summed E-state index contributed by atoms with van der Waals surface area (Å²) < 4.78 is 19.3. The van der Waals surface area contributed by atoms with E-state index in [0.29, 0.717) is 12.3 Å². The predicted octanol–water partition coefficient (Wildman–Crippen LogP) is 3.10. The number of aliphatic hydroxyl groups excluding tert-OH is 1. The van der Waals surface area contributed by atoms with Crippen molar-refractivity contribution >= 4 is 11.6 Å². The highest BCUT2D eigenvalue weighted by Crippen LogP contribution is 2.32. The fraction of sp³-hybridized carbons (Fsp3) is 0.412. The zero-order valence-electron chi connectivity index (χ0n) is 12.9. The number of hydrogen-bond acceptors (Lipinski definition) is 4. The van der Waals surface area contributed by atoms with Crippen LogP contribution in [0.25, 0.3) is 0 Å². The molecule has 1 aromatic carbocycles. The lowest BCUT2D eigenvalue weighted by Crippen LogP contribution is -2.34. The molecule has 1 fully saturated rings. The molecule has 1 saturated heterocycles. The molecule has 124 valence electrons. The molecular formula is C17H20ClFN2O2. The van der Waals surface area contributed by atoms with Crippen LogP contribution in [0.15, 0.2) is 34.7 Å². The minimum Gasteiger partial charge on any atom is -0.462 e. The number of aliphatic hydroxyl groups is 1. The van der Waals surface area contributed by atoms with Gasteiger partial charge in [-0.25, -0.2) is 4.39 Å². The van der Waals surface area contributed by atoms with E-state index in [4.69, 9.17) is 21.1 Å². The van der Waals surface area contributed by atoms with E-state index in [9.17, 15) is 4.39 Å². The fourth-order valence-electron chi connectivity index (χ4n) is 3.18. The number of likely N-dealkylation sites (tertiary alicyclic amines) is 1. The van der Waals surface area contributed by atoms with Crippen molar-refractivity contribution in [2.24, 2.45) is 0 Å². The summed E-state index contributed by atoms with van der Waals surface area (Å²) in [5.74, 6) is 0.952. The van der Waals surface area contributed by atoms with Crippen LogP contribution in [0.4, 0.5) is 4.39 Å². The maximum Gasteiger partial charge on any atom is 0.142 e. The molecule has 0 aliphatic carbocycles. The molecule has 0 radical (unpaired) electrons. The third kappa shape index (κ3) is 3.58. The normalized spacial score (nSPS) is 21.9. The Morgan fingerprint density at radius 2 is 2.13 bits per heavy atom. The molecule has 6 heteroatoms. The highest BCUT2D eigenvalue weighted by Gasteiger charge is 2.33. The Hall–Kier alpha value is -1.40. The van der Waals surface area contributed by atoms with Crippen LogP contribution in [-0.2, 0) is 13.2 Å². The van der Waals surface area contributed by atoms with Crippen molar-refractivity contribution in [1.29, 1.82) is 0 Å². The first kappa shape index (κ1) is 16.5. The second-order valence-corrected chi connectivity index (χ2v) is 6.31. The van der Waals surface area contributed by atoms with E-state index in [1.54, 1.807) is 12.1 Å². The Bertz CT molecular complexity index is 676. The molecule has 0 saturated carbocycles. The summed E-state index contributed by atoms with van der Waals surface area (Å²) in [6.45, 7) is 1.41. The number of rotatable bonds is 5. The molecule has 1 aliphatic heterocycles. The van der Waals surface area contributed by atoms with Gasteiger partial charge in [-0.3, -0.25) is 4.90 Å². The highest BCUT2D eigenvalue weighted by atomic mass is 35.5. The van der Waals surface area contributed by atoms with Crippen molar-refractivity contribution in [3.63, 3.8) is 0 Å². The molecule has 3 rings (SSSR count). The molecular weight excluding hydrogens is 319 g/mol. The van der Waals surface area contributed by atoms with Gasteiger partial charge in [-0.05, 0) is 43.3 Å². The molecule has 4 nitrogen and oxygen atoms in total. The van der Waals surface area contributed by atoms with E-state index < -0.39 is 0 Å². The summed E-state index contributed by atoms with van der Waals surface area (Å²) in [6, 6.07) is 8.91. The third-order valence-corrected chi connectivity index (χ3v) is 4.65. The van der Waals surface area contributed by atoms with Crippen molar-refractivity contribution in [3.05, 3.63) is 58.3 Å². The molecule has 2 heterocycles. The van der Waals surface area contributed by atoms with Crippen LogP contribution in [0.1, 0.15) is 29.5 Å². The zero-order valence-corrected chi connectivity index (χ0v) is 13.7. The smallest absolute Gasteiger partial charge is 0.142 e. The average molecular weight is 339 g/mol. The molecule has 0 amide bonds. The van der Waals surface area contributed by atoms with Gasteiger partial charge in [-0.2, -0.15) is 0 Å². The lowest BCUT2D eigenvalue weighted by Gasteiger charge is -2.26. The Kier molecular flexibility index (Phi) is 5.02. The van der Waals surface area contributed by atoms with Gasteiger partial charge in [0.1, 0.15) is 23.9 Å². The zero-order chi connectivity index (χ0) is 16.4. The molecule has 1 aliphatic rings. The second kappa shape index (κ2) is 7.01. The van der Waals surface area contributed by atoms with Crippen molar-refractivity contribution in [2.75, 3.05) is 13.6 Å². The quantitative estimate of drug-likeness (QED) is 0.879. The van der Waals surface area contributed by atoms with Gasteiger partial charge in [0.05, 0.1) is 11.6 Å². The molecule has 0 spiro atoms. The number of nitrogens with one attached hydrogen (secondary N) is 1. The standard InChI is InChI=1S/C17H20ClFN2O2/c1-21-7-6-16(20-9-12-3-4-13(10-22)23-12)17(21)11-2-5-14(18)15(19)8-11/h2-5,8,16-17,20,22H,6-7,9-10H2,1H3/t16-,17-/m1/s1. The van der Waals surface area contributed by atoms with Crippen molar-refractivity contribution in [2.45, 2.75) is 31.7 Å². The predicted molar refractivity (Wildman–Crippen MR) is 86.7 cm³/mol. The number of likely N-dealkylation sites (N-methyl/N-ethyl adjacent to an activating group) is 1. The number of benzene rings is 1. The topological polar surface area (TPSA) is 48.6 Å². The minimum atomic E-state index is -0.387. The Balaban J connectivity index is 1.71. The first-order valence-electron chi connectivity index (χ1n) is 7.65. The Morgan fingerprint density at radius 3 is 2.83 bits per heavy atom. The van der Waals surface area contributed by atoms with Gasteiger partial charge in [0.15, 0.2) is 0 Å². The van der Waals surface area contributed by atoms with Crippen molar-refractivity contribution in [1.82, 2.24) is 10.2 Å². The molecule has 1 aromatic heterocycles. The van der Waals surface area contributed by atoms with Gasteiger partial charge in [-0.1, -0.05) is 17.7 Å². The first-order chi connectivity index (χ1) is 11.1. The van der Waals surface area contributed by atoms with Crippen LogP contribution in [-0.4, -0.2) is 29.6 Å². The third-order valence-electron chi connectivity index (χ3n) is 4.35. The van der Waals surface area contributed by atoms with Gasteiger partial charge < -0.3 is 14.8 Å². The average Bonchev–Trinajstić information content (AvgIpc) is 3.14. The van der Waals surface area contributed by atoms with Crippen LogP contribution in [0.5, 0.6) is 0 Å². The maximum atomic E-state index is 13.8. The fourth-order valence-corrected chi connectivity index (χ4v) is 3.30. The Morgan fingerprint density at radius 1 is 1.35 bits per heavy atom. The summed E-state index contributed by atoms with van der Waals surface area (Å²) >= 11 is 5.78. The summed E-state index contributed by atoms with van der Waals surface area (Å²) in [6.07, 6.45) is 0.971. The van der Waals surface area contributed by atoms with Gasteiger partial charge in [0.2, 0.25) is 0 Å². The highest BCUT2D eigenvalue weighted by molar-refractivity contribution is 6.30. The van der Waals surface area contributed by atoms with E-state index >= 15 is 0 Å². The number of halogens is 2. The monoisotopic (exact) mass is 338 g/mol. The van der Waals surface area contributed by atoms with E-state index in [1.807, 2.05) is 19.2 Å². The maximum absolute atomic E-state index is 13.8. The first-order valence-corrected chi connectivity index (χ1v) is 8.03. The lowest BCUT2D eigenvalue weighted by molar-refractivity contribution is 0.240. The number of hydrogen-bond donors (Lipinski definition) is 2. The lowest BCUT2D eigenvalue weighted by atomic mass is 10.00. The molecule has 0 unspecified atom stereocenters. The van der Waals surface area contributed by atoms with Crippen molar-refractivity contribution in [3.8, 4) is 0 Å². The Labute approximate surface area is 139 Å². The molecule has 2 aromatic rings.